The zero-order chi connectivity index (χ0) is 11.5. The number of halogens is 2. The molecule has 0 amide bonds. The monoisotopic (exact) mass is 223 g/mol. The lowest BCUT2D eigenvalue weighted by Gasteiger charge is -2.08. The molecule has 2 aromatic rings. The summed E-state index contributed by atoms with van der Waals surface area (Å²) in [7, 11) is 0. The Balaban J connectivity index is 2.12. The number of rotatable bonds is 3. The molecule has 3 nitrogen and oxygen atoms in total. The third-order valence-corrected chi connectivity index (χ3v) is 2.27. The van der Waals surface area contributed by atoms with Crippen LogP contribution in [-0.4, -0.2) is 9.97 Å². The van der Waals surface area contributed by atoms with Gasteiger partial charge in [0.1, 0.15) is 5.82 Å². The van der Waals surface area contributed by atoms with Crippen LogP contribution in [0.4, 0.5) is 14.5 Å². The Hall–Kier alpha value is -1.91. The third-order valence-electron chi connectivity index (χ3n) is 2.27. The number of anilines is 1. The second-order valence-electron chi connectivity index (χ2n) is 3.47. The van der Waals surface area contributed by atoms with Gasteiger partial charge in [-0.1, -0.05) is 0 Å². The summed E-state index contributed by atoms with van der Waals surface area (Å²) in [6.45, 7) is 2.16. The van der Waals surface area contributed by atoms with Crippen LogP contribution in [0.25, 0.3) is 0 Å². The number of nitrogens with zero attached hydrogens (tertiary/aromatic N) is 1. The maximum atomic E-state index is 13.0. The Morgan fingerprint density at radius 3 is 2.75 bits per heavy atom. The number of imidazole rings is 1. The summed E-state index contributed by atoms with van der Waals surface area (Å²) in [6.07, 6.45) is 3.34. The van der Waals surface area contributed by atoms with Crippen molar-refractivity contribution in [2.45, 2.75) is 13.5 Å². The van der Waals surface area contributed by atoms with Gasteiger partial charge in [0.05, 0.1) is 6.54 Å². The van der Waals surface area contributed by atoms with Crippen LogP contribution in [-0.2, 0) is 6.54 Å². The van der Waals surface area contributed by atoms with Gasteiger partial charge in [-0.15, -0.1) is 0 Å². The molecule has 5 heteroatoms. The maximum absolute atomic E-state index is 13.0. The van der Waals surface area contributed by atoms with Gasteiger partial charge in [-0.25, -0.2) is 13.8 Å². The van der Waals surface area contributed by atoms with Crippen molar-refractivity contribution in [3.8, 4) is 0 Å². The zero-order valence-electron chi connectivity index (χ0n) is 8.72. The maximum Gasteiger partial charge on any atom is 0.160 e. The molecule has 84 valence electrons. The Bertz CT molecular complexity index is 480. The topological polar surface area (TPSA) is 40.7 Å². The molecule has 0 unspecified atom stereocenters. The van der Waals surface area contributed by atoms with Crippen molar-refractivity contribution in [1.29, 1.82) is 0 Å². The molecule has 0 bridgehead atoms. The molecule has 0 spiro atoms. The average Bonchev–Trinajstić information content (AvgIpc) is 2.74. The first-order chi connectivity index (χ1) is 7.66. The molecule has 0 atom stereocenters. The van der Waals surface area contributed by atoms with Crippen molar-refractivity contribution in [2.75, 3.05) is 5.32 Å². The van der Waals surface area contributed by atoms with Crippen LogP contribution < -0.4 is 5.32 Å². The van der Waals surface area contributed by atoms with Crippen molar-refractivity contribution < 1.29 is 8.78 Å². The molecule has 2 rings (SSSR count). The lowest BCUT2D eigenvalue weighted by molar-refractivity contribution is 0.508. The molecule has 1 heterocycles. The number of H-pyrrole nitrogens is 1. The molecular formula is C11H11F2N3. The fraction of sp³-hybridized carbons (Fsp3) is 0.182. The summed E-state index contributed by atoms with van der Waals surface area (Å²) < 4.78 is 25.8. The number of hydrogen-bond donors (Lipinski definition) is 2. The first-order valence-corrected chi connectivity index (χ1v) is 4.84. The fourth-order valence-corrected chi connectivity index (χ4v) is 1.41. The summed E-state index contributed by atoms with van der Waals surface area (Å²) in [5, 5.41) is 2.98. The number of aromatic nitrogens is 2. The van der Waals surface area contributed by atoms with Crippen molar-refractivity contribution in [1.82, 2.24) is 9.97 Å². The Morgan fingerprint density at radius 1 is 1.31 bits per heavy atom. The van der Waals surface area contributed by atoms with E-state index in [9.17, 15) is 8.78 Å². The second kappa shape index (κ2) is 4.30. The van der Waals surface area contributed by atoms with Crippen LogP contribution in [0.2, 0.25) is 0 Å². The summed E-state index contributed by atoms with van der Waals surface area (Å²) in [6, 6.07) is 2.31. The fourth-order valence-electron chi connectivity index (χ4n) is 1.41. The molecule has 0 aliphatic carbocycles. The standard InChI is InChI=1S/C11H11F2N3/c1-7-4-8(12)9(13)5-10(7)16-6-11-14-2-3-15-11/h2-5,16H,6H2,1H3,(H,14,15). The molecule has 1 aromatic carbocycles. The molecule has 0 fully saturated rings. The average molecular weight is 223 g/mol. The van der Waals surface area contributed by atoms with Crippen LogP contribution in [0.1, 0.15) is 11.4 Å². The van der Waals surface area contributed by atoms with Crippen LogP contribution in [0, 0.1) is 18.6 Å². The minimum absolute atomic E-state index is 0.443. The molecule has 16 heavy (non-hydrogen) atoms. The van der Waals surface area contributed by atoms with Gasteiger partial charge in [-0.05, 0) is 18.6 Å². The lowest BCUT2D eigenvalue weighted by atomic mass is 10.2. The van der Waals surface area contributed by atoms with Crippen LogP contribution in [0.5, 0.6) is 0 Å². The minimum Gasteiger partial charge on any atom is -0.378 e. The molecule has 0 saturated carbocycles. The van der Waals surface area contributed by atoms with E-state index in [1.807, 2.05) is 0 Å². The van der Waals surface area contributed by atoms with Crippen molar-refractivity contribution in [3.05, 3.63) is 47.5 Å². The molecule has 0 aliphatic heterocycles. The highest BCUT2D eigenvalue weighted by Crippen LogP contribution is 2.19. The normalized spacial score (nSPS) is 10.4. The van der Waals surface area contributed by atoms with Gasteiger partial charge in [-0.2, -0.15) is 0 Å². The van der Waals surface area contributed by atoms with E-state index in [1.165, 1.54) is 6.07 Å². The zero-order valence-corrected chi connectivity index (χ0v) is 8.72. The largest absolute Gasteiger partial charge is 0.378 e. The highest BCUT2D eigenvalue weighted by molar-refractivity contribution is 5.50. The number of hydrogen-bond acceptors (Lipinski definition) is 2. The van der Waals surface area contributed by atoms with Crippen LogP contribution in [0.3, 0.4) is 0 Å². The van der Waals surface area contributed by atoms with Gasteiger partial charge >= 0.3 is 0 Å². The van der Waals surface area contributed by atoms with E-state index in [1.54, 1.807) is 19.3 Å². The van der Waals surface area contributed by atoms with Crippen molar-refractivity contribution in [2.24, 2.45) is 0 Å². The summed E-state index contributed by atoms with van der Waals surface area (Å²) in [5.41, 5.74) is 1.22. The van der Waals surface area contributed by atoms with E-state index < -0.39 is 11.6 Å². The Labute approximate surface area is 91.5 Å². The number of aromatic amines is 1. The first kappa shape index (κ1) is 10.6. The number of aryl methyl sites for hydroxylation is 1. The molecular weight excluding hydrogens is 212 g/mol. The van der Waals surface area contributed by atoms with Gasteiger partial charge in [0.2, 0.25) is 0 Å². The smallest absolute Gasteiger partial charge is 0.160 e. The van der Waals surface area contributed by atoms with E-state index in [4.69, 9.17) is 0 Å². The Kier molecular flexibility index (Phi) is 2.85. The van der Waals surface area contributed by atoms with Crippen molar-refractivity contribution >= 4 is 5.69 Å². The number of nitrogens with one attached hydrogen (secondary N) is 2. The molecule has 2 N–H and O–H groups in total. The van der Waals surface area contributed by atoms with E-state index in [2.05, 4.69) is 15.3 Å². The van der Waals surface area contributed by atoms with Gasteiger partial charge in [0.25, 0.3) is 0 Å². The summed E-state index contributed by atoms with van der Waals surface area (Å²) in [5.74, 6) is -0.947. The Morgan fingerprint density at radius 2 is 2.06 bits per heavy atom. The highest BCUT2D eigenvalue weighted by Gasteiger charge is 2.06. The second-order valence-corrected chi connectivity index (χ2v) is 3.47. The summed E-state index contributed by atoms with van der Waals surface area (Å²) in [4.78, 5) is 6.93. The van der Waals surface area contributed by atoms with Gasteiger partial charge < -0.3 is 10.3 Å². The minimum atomic E-state index is -0.854. The predicted octanol–water partition coefficient (Wildman–Crippen LogP) is 2.61. The quantitative estimate of drug-likeness (QED) is 0.839. The van der Waals surface area contributed by atoms with Crippen molar-refractivity contribution in [3.63, 3.8) is 0 Å². The third kappa shape index (κ3) is 2.18. The molecule has 1 aromatic heterocycles. The van der Waals surface area contributed by atoms with Crippen LogP contribution in [0.15, 0.2) is 24.5 Å². The van der Waals surface area contributed by atoms with Gasteiger partial charge in [0, 0.05) is 24.1 Å². The lowest BCUT2D eigenvalue weighted by Crippen LogP contribution is -2.03. The highest BCUT2D eigenvalue weighted by atomic mass is 19.2. The molecule has 0 aliphatic rings. The van der Waals surface area contributed by atoms with E-state index in [-0.39, 0.29) is 0 Å². The van der Waals surface area contributed by atoms with E-state index in [0.29, 0.717) is 17.8 Å². The van der Waals surface area contributed by atoms with E-state index >= 15 is 0 Å². The predicted molar refractivity (Wildman–Crippen MR) is 57.0 cm³/mol. The van der Waals surface area contributed by atoms with Crippen LogP contribution >= 0.6 is 0 Å². The molecule has 0 radical (unpaired) electrons. The number of benzene rings is 1. The molecule has 0 saturated heterocycles. The van der Waals surface area contributed by atoms with E-state index in [0.717, 1.165) is 11.9 Å². The van der Waals surface area contributed by atoms with Gasteiger partial charge in [0.15, 0.2) is 11.6 Å². The summed E-state index contributed by atoms with van der Waals surface area (Å²) >= 11 is 0. The SMILES string of the molecule is Cc1cc(F)c(F)cc1NCc1ncc[nH]1. The first-order valence-electron chi connectivity index (χ1n) is 4.84. The van der Waals surface area contributed by atoms with Gasteiger partial charge in [-0.3, -0.25) is 0 Å².